The topological polar surface area (TPSA) is 85.5 Å². The minimum absolute atomic E-state index is 0.195. The van der Waals surface area contributed by atoms with Gasteiger partial charge in [0.2, 0.25) is 0 Å². The molecule has 12 heterocycles. The summed E-state index contributed by atoms with van der Waals surface area (Å²) in [6.07, 6.45) is 16.2. The van der Waals surface area contributed by atoms with Crippen molar-refractivity contribution >= 4 is 154 Å². The minimum atomic E-state index is 0.195. The lowest BCUT2D eigenvalue weighted by Crippen LogP contribution is -2.27. The first kappa shape index (κ1) is 92.1. The minimum Gasteiger partial charge on any atom is -0.255 e. The molecule has 0 amide bonds. The van der Waals surface area contributed by atoms with E-state index in [1.165, 1.54) is 199 Å². The largest absolute Gasteiger partial charge is 0.297 e. The van der Waals surface area contributed by atoms with Gasteiger partial charge < -0.3 is 0 Å². The standard InChI is InChI=1S/4C30H36N3/c1-19-13-14-31-27-22-15-20(17-29(2,3)4)9-11-23(22)33-25-16-21(18-30(5,6)7)10-12-24(25)32(8)28(33)26(19)27;1-19-13-14-31-27-22-11-9-20(17-29(2,3)4)15-24(22)33-25-16-21(18-30(5,6)7)10-12-23(25)32(8)28(33)26(19)27;1-19-14-15-31-26-22-16-20(17-29(2,3)4)12-13-23(22)33-27-21(18-30(5,6)7)10-9-11-24(27)32(8)28(33)25(19)26;1-19-13-14-31-26-22-11-9-10-12-23(22)33-27-21(18-30(5,6)7)15-20(17-29(2,3)4)16-24(27)32(8)28(33)25(19)26/h4*9-16H,17-18H2,1-8H3/q4*+1. The molecule has 0 atom stereocenters. The van der Waals surface area contributed by atoms with E-state index in [4.69, 9.17) is 19.9 Å². The van der Waals surface area contributed by atoms with Gasteiger partial charge in [-0.05, 0) is 287 Å². The summed E-state index contributed by atoms with van der Waals surface area (Å²) in [7, 11) is 8.80. The van der Waals surface area contributed by atoms with Crippen LogP contribution in [-0.4, -0.2) is 37.7 Å². The van der Waals surface area contributed by atoms with Crippen molar-refractivity contribution < 1.29 is 18.1 Å². The molecule has 0 spiro atoms. The highest BCUT2D eigenvalue weighted by Gasteiger charge is 2.35. The highest BCUT2D eigenvalue weighted by molar-refractivity contribution is 6.15. The Hall–Kier alpha value is -11.8. The van der Waals surface area contributed by atoms with Crippen LogP contribution in [-0.2, 0) is 79.6 Å². The molecule has 20 rings (SSSR count). The van der Waals surface area contributed by atoms with Crippen LogP contribution in [0.25, 0.3) is 154 Å². The first-order valence-electron chi connectivity index (χ1n) is 48.2. The van der Waals surface area contributed by atoms with Crippen LogP contribution >= 0.6 is 0 Å². The molecular formula is C120H144N12+4. The van der Waals surface area contributed by atoms with E-state index >= 15 is 0 Å². The van der Waals surface area contributed by atoms with E-state index in [2.05, 4.69) is 428 Å². The number of hydrogen-bond donors (Lipinski definition) is 0. The van der Waals surface area contributed by atoms with Crippen LogP contribution in [0.1, 0.15) is 233 Å². The molecule has 132 heavy (non-hydrogen) atoms. The Bertz CT molecular complexity index is 8040. The summed E-state index contributed by atoms with van der Waals surface area (Å²) in [5.74, 6) is 0. The molecule has 0 N–H and O–H groups in total. The van der Waals surface area contributed by atoms with Gasteiger partial charge in [-0.2, -0.15) is 17.6 Å². The van der Waals surface area contributed by atoms with Crippen molar-refractivity contribution in [2.75, 3.05) is 0 Å². The lowest BCUT2D eigenvalue weighted by Gasteiger charge is -2.21. The molecule has 0 saturated carbocycles. The predicted molar refractivity (Wildman–Crippen MR) is 560 cm³/mol. The molecule has 8 aromatic carbocycles. The first-order chi connectivity index (χ1) is 61.7. The fourth-order valence-corrected chi connectivity index (χ4v) is 21.7. The number of imidazole rings is 4. The van der Waals surface area contributed by atoms with Crippen molar-refractivity contribution in [3.8, 4) is 0 Å². The predicted octanol–water partition coefficient (Wildman–Crippen LogP) is 28.4. The quantitative estimate of drug-likeness (QED) is 0.112. The highest BCUT2D eigenvalue weighted by Crippen LogP contribution is 2.43. The van der Waals surface area contributed by atoms with Gasteiger partial charge in [-0.3, -0.25) is 19.9 Å². The van der Waals surface area contributed by atoms with Crippen LogP contribution in [0.4, 0.5) is 0 Å². The molecule has 0 bridgehead atoms. The Kier molecular flexibility index (Phi) is 23.1. The van der Waals surface area contributed by atoms with Crippen LogP contribution in [0, 0.1) is 71.0 Å². The number of nitrogens with zero attached hydrogens (tertiary/aromatic N) is 12. The lowest BCUT2D eigenvalue weighted by molar-refractivity contribution is -0.617. The summed E-state index contributed by atoms with van der Waals surface area (Å²) >= 11 is 0. The van der Waals surface area contributed by atoms with Gasteiger partial charge in [0, 0.05) is 57.5 Å². The van der Waals surface area contributed by atoms with Crippen LogP contribution < -0.4 is 18.1 Å². The van der Waals surface area contributed by atoms with Crippen LogP contribution in [0.3, 0.4) is 0 Å². The first-order valence-corrected chi connectivity index (χ1v) is 48.2. The van der Waals surface area contributed by atoms with Crippen LogP contribution in [0.2, 0.25) is 0 Å². The fourth-order valence-electron chi connectivity index (χ4n) is 21.7. The average molecular weight is 1750 g/mol. The molecule has 0 fully saturated rings. The van der Waals surface area contributed by atoms with Gasteiger partial charge in [0.15, 0.2) is 44.1 Å². The fraction of sp³-hybridized carbons (Fsp3) is 0.400. The molecule has 0 saturated heterocycles. The Morgan fingerprint density at radius 3 is 1.04 bits per heavy atom. The summed E-state index contributed by atoms with van der Waals surface area (Å²) in [4.78, 5) is 19.6. The van der Waals surface area contributed by atoms with E-state index < -0.39 is 0 Å². The number of benzene rings is 8. The molecule has 12 aromatic heterocycles. The molecule has 0 radical (unpaired) electrons. The summed E-state index contributed by atoms with van der Waals surface area (Å²) < 4.78 is 19.4. The van der Waals surface area contributed by atoms with Gasteiger partial charge >= 0.3 is 0 Å². The average Bonchev–Trinajstić information content (AvgIpc) is 1.56. The smallest absolute Gasteiger partial charge is 0.255 e. The van der Waals surface area contributed by atoms with E-state index in [-0.39, 0.29) is 43.3 Å². The molecule has 680 valence electrons. The number of aryl methyl sites for hydroxylation is 8. The third-order valence-electron chi connectivity index (χ3n) is 26.4. The molecule has 0 unspecified atom stereocenters. The van der Waals surface area contributed by atoms with Crippen molar-refractivity contribution in [1.29, 1.82) is 0 Å². The maximum absolute atomic E-state index is 4.92. The number of pyridine rings is 8. The summed E-state index contributed by atoms with van der Waals surface area (Å²) in [6.45, 7) is 64.4. The Morgan fingerprint density at radius 2 is 0.591 bits per heavy atom. The van der Waals surface area contributed by atoms with Gasteiger partial charge in [0.05, 0.1) is 71.8 Å². The maximum atomic E-state index is 4.92. The zero-order valence-electron chi connectivity index (χ0n) is 85.5. The molecule has 0 aliphatic heterocycles. The second-order valence-electron chi connectivity index (χ2n) is 48.8. The third-order valence-corrected chi connectivity index (χ3v) is 26.4. The van der Waals surface area contributed by atoms with E-state index in [9.17, 15) is 0 Å². The normalized spacial score (nSPS) is 13.1. The second-order valence-corrected chi connectivity index (χ2v) is 48.8. The van der Waals surface area contributed by atoms with Gasteiger partial charge in [0.1, 0.15) is 22.1 Å². The Morgan fingerprint density at radius 1 is 0.258 bits per heavy atom. The molecule has 20 aromatic rings. The van der Waals surface area contributed by atoms with Gasteiger partial charge in [-0.25, -0.2) is 18.3 Å². The Balaban J connectivity index is 0.000000123. The molecular weight excluding hydrogens is 1610 g/mol. The van der Waals surface area contributed by atoms with Crippen LogP contribution in [0.5, 0.6) is 0 Å². The van der Waals surface area contributed by atoms with E-state index in [0.717, 1.165) is 73.4 Å². The van der Waals surface area contributed by atoms with Crippen LogP contribution in [0.15, 0.2) is 195 Å². The third kappa shape index (κ3) is 17.8. The summed E-state index contributed by atoms with van der Waals surface area (Å²) in [5.41, 5.74) is 42.5. The Labute approximate surface area is 782 Å². The highest BCUT2D eigenvalue weighted by atomic mass is 15.1. The van der Waals surface area contributed by atoms with Crippen molar-refractivity contribution in [1.82, 2.24) is 37.7 Å². The number of aromatic nitrogens is 12. The SMILES string of the molecule is Cc1ccnc2c3cc(CC(C)(C)C)ccc3n3c4c(CC(C)(C)C)cccc4[n+](C)c3c12.Cc1ccnc2c3cc(CC(C)(C)C)ccc3n3c4cc(CC(C)(C)C)ccc4[n+](C)c3c12.Cc1ccnc2c3ccc(CC(C)(C)C)cc3n3c4cc(CC(C)(C)C)ccc4[n+](C)c3c12.Cc1ccnc2c3ccccc3[n+]3c4c(CC(C)(C)C)cc(CC(C)(C)C)cc4n(C)c3c12. The number of rotatable bonds is 8. The van der Waals surface area contributed by atoms with Gasteiger partial charge in [0.25, 0.3) is 22.6 Å². The van der Waals surface area contributed by atoms with Crippen molar-refractivity contribution in [3.63, 3.8) is 0 Å². The second kappa shape index (κ2) is 33.2. The molecule has 12 nitrogen and oxygen atoms in total. The number of fused-ring (bicyclic) bond motifs is 32. The maximum Gasteiger partial charge on any atom is 0.297 e. The van der Waals surface area contributed by atoms with Crippen molar-refractivity contribution in [2.24, 2.45) is 71.5 Å². The lowest BCUT2D eigenvalue weighted by atomic mass is 9.84. The van der Waals surface area contributed by atoms with Gasteiger partial charge in [-0.1, -0.05) is 227 Å². The summed E-state index contributed by atoms with van der Waals surface area (Å²) in [5, 5.41) is 9.89. The monoisotopic (exact) mass is 1750 g/mol. The van der Waals surface area contributed by atoms with E-state index in [1.807, 2.05) is 24.8 Å². The number of hydrogen-bond acceptors (Lipinski definition) is 4. The zero-order valence-corrected chi connectivity index (χ0v) is 85.5. The van der Waals surface area contributed by atoms with Gasteiger partial charge in [-0.15, -0.1) is 0 Å². The zero-order chi connectivity index (χ0) is 94.8. The van der Waals surface area contributed by atoms with Crippen molar-refractivity contribution in [3.05, 3.63) is 261 Å². The number of para-hydroxylation sites is 2. The van der Waals surface area contributed by atoms with E-state index in [1.54, 1.807) is 0 Å². The molecule has 0 aliphatic rings. The van der Waals surface area contributed by atoms with E-state index in [0.29, 0.717) is 0 Å². The molecule has 12 heteroatoms. The summed E-state index contributed by atoms with van der Waals surface area (Å²) in [6, 6.07) is 63.9. The molecule has 0 aliphatic carbocycles. The van der Waals surface area contributed by atoms with Crippen molar-refractivity contribution in [2.45, 2.75) is 245 Å².